The van der Waals surface area contributed by atoms with E-state index < -0.39 is 14.9 Å². The zero-order valence-corrected chi connectivity index (χ0v) is 11.8. The minimum atomic E-state index is -3.87. The van der Waals surface area contributed by atoms with Crippen molar-refractivity contribution in [2.24, 2.45) is 0 Å². The van der Waals surface area contributed by atoms with Gasteiger partial charge in [0.05, 0.1) is 9.82 Å². The third-order valence-electron chi connectivity index (χ3n) is 2.57. The fourth-order valence-electron chi connectivity index (χ4n) is 1.68. The molecule has 0 saturated carbocycles. The predicted octanol–water partition coefficient (Wildman–Crippen LogP) is 1.55. The molecule has 0 aliphatic heterocycles. The maximum Gasteiger partial charge on any atom is 0.292 e. The van der Waals surface area contributed by atoms with E-state index in [4.69, 9.17) is 0 Å². The van der Waals surface area contributed by atoms with Gasteiger partial charge in [0.2, 0.25) is 5.95 Å². The van der Waals surface area contributed by atoms with Crippen LogP contribution in [0.2, 0.25) is 0 Å². The van der Waals surface area contributed by atoms with Crippen LogP contribution >= 0.6 is 0 Å². The van der Waals surface area contributed by atoms with E-state index in [0.717, 1.165) is 6.07 Å². The number of aromatic nitrogens is 2. The van der Waals surface area contributed by atoms with Gasteiger partial charge < -0.3 is 10.3 Å². The van der Waals surface area contributed by atoms with Crippen molar-refractivity contribution in [1.82, 2.24) is 9.97 Å². The summed E-state index contributed by atoms with van der Waals surface area (Å²) >= 11 is 0. The lowest BCUT2D eigenvalue weighted by atomic mass is 10.2. The van der Waals surface area contributed by atoms with Gasteiger partial charge in [-0.1, -0.05) is 0 Å². The van der Waals surface area contributed by atoms with Crippen LogP contribution in [-0.4, -0.2) is 29.9 Å². The smallest absolute Gasteiger partial charge is 0.292 e. The molecule has 0 saturated heterocycles. The Kier molecular flexibility index (Phi) is 4.08. The second-order valence-corrected chi connectivity index (χ2v) is 5.69. The molecule has 0 fully saturated rings. The molecule has 1 heterocycles. The molecule has 0 amide bonds. The number of sulfonamides is 1. The molecule has 2 aromatic rings. The lowest BCUT2D eigenvalue weighted by Crippen LogP contribution is -2.14. The van der Waals surface area contributed by atoms with E-state index in [1.54, 1.807) is 6.92 Å². The van der Waals surface area contributed by atoms with E-state index in [0.29, 0.717) is 6.54 Å². The first-order chi connectivity index (χ1) is 9.94. The van der Waals surface area contributed by atoms with Crippen molar-refractivity contribution >= 4 is 27.3 Å². The average molecular weight is 311 g/mol. The van der Waals surface area contributed by atoms with Crippen LogP contribution in [-0.2, 0) is 10.0 Å². The topological polar surface area (TPSA) is 130 Å². The third-order valence-corrected chi connectivity index (χ3v) is 3.91. The summed E-state index contributed by atoms with van der Waals surface area (Å²) < 4.78 is 26.6. The highest BCUT2D eigenvalue weighted by Crippen LogP contribution is 2.27. The number of H-pyrrole nitrogens is 1. The molecule has 0 bridgehead atoms. The number of hydrogen-bond acceptors (Lipinski definition) is 6. The Morgan fingerprint density at radius 3 is 2.76 bits per heavy atom. The van der Waals surface area contributed by atoms with Crippen LogP contribution < -0.4 is 10.0 Å². The van der Waals surface area contributed by atoms with Gasteiger partial charge in [0.15, 0.2) is 0 Å². The summed E-state index contributed by atoms with van der Waals surface area (Å²) in [5.41, 5.74) is -0.0429. The quantitative estimate of drug-likeness (QED) is 0.548. The molecule has 0 aliphatic rings. The van der Waals surface area contributed by atoms with Crippen LogP contribution in [0.5, 0.6) is 0 Å². The second kappa shape index (κ2) is 5.79. The highest BCUT2D eigenvalue weighted by Gasteiger charge is 2.20. The Bertz CT molecular complexity index is 742. The van der Waals surface area contributed by atoms with Crippen LogP contribution in [0.25, 0.3) is 0 Å². The molecule has 1 aromatic carbocycles. The second-order valence-electron chi connectivity index (χ2n) is 4.01. The number of rotatable bonds is 6. The molecule has 0 atom stereocenters. The van der Waals surface area contributed by atoms with E-state index in [1.807, 2.05) is 0 Å². The molecule has 0 spiro atoms. The normalized spacial score (nSPS) is 11.1. The Morgan fingerprint density at radius 1 is 1.43 bits per heavy atom. The Balaban J connectivity index is 2.39. The van der Waals surface area contributed by atoms with Crippen molar-refractivity contribution in [1.29, 1.82) is 0 Å². The van der Waals surface area contributed by atoms with Crippen molar-refractivity contribution in [3.8, 4) is 0 Å². The average Bonchev–Trinajstić information content (AvgIpc) is 2.91. The first-order valence-electron chi connectivity index (χ1n) is 5.98. The van der Waals surface area contributed by atoms with E-state index >= 15 is 0 Å². The zero-order chi connectivity index (χ0) is 15.5. The monoisotopic (exact) mass is 311 g/mol. The van der Waals surface area contributed by atoms with Gasteiger partial charge >= 0.3 is 0 Å². The maximum atomic E-state index is 12.2. The number of hydrogen-bond donors (Lipinski definition) is 3. The van der Waals surface area contributed by atoms with E-state index in [1.165, 1.54) is 24.5 Å². The minimum absolute atomic E-state index is 0.0679. The summed E-state index contributed by atoms with van der Waals surface area (Å²) in [6.45, 7) is 2.18. The lowest BCUT2D eigenvalue weighted by molar-refractivity contribution is -0.384. The fraction of sp³-hybridized carbons (Fsp3) is 0.182. The number of nitro groups is 1. The largest absolute Gasteiger partial charge is 0.380 e. The number of nitrogens with one attached hydrogen (secondary N) is 3. The summed E-state index contributed by atoms with van der Waals surface area (Å²) in [7, 11) is -3.87. The number of nitro benzene ring substituents is 1. The van der Waals surface area contributed by atoms with Crippen LogP contribution in [0, 0.1) is 10.1 Å². The number of imidazole rings is 1. The van der Waals surface area contributed by atoms with Gasteiger partial charge in [-0.3, -0.25) is 10.1 Å². The number of aromatic amines is 1. The van der Waals surface area contributed by atoms with Gasteiger partial charge in [-0.15, -0.1) is 0 Å². The van der Waals surface area contributed by atoms with E-state index in [9.17, 15) is 18.5 Å². The molecule has 112 valence electrons. The van der Waals surface area contributed by atoms with Gasteiger partial charge in [-0.2, -0.15) is 0 Å². The molecule has 3 N–H and O–H groups in total. The molecular formula is C11H13N5O4S. The molecule has 10 heteroatoms. The Labute approximate surface area is 120 Å². The number of anilines is 2. The van der Waals surface area contributed by atoms with Crippen LogP contribution in [0.3, 0.4) is 0 Å². The molecular weight excluding hydrogens is 298 g/mol. The van der Waals surface area contributed by atoms with Crippen LogP contribution in [0.4, 0.5) is 17.3 Å². The summed E-state index contributed by atoms with van der Waals surface area (Å²) in [5.74, 6) is 0.0679. The zero-order valence-electron chi connectivity index (χ0n) is 11.0. The minimum Gasteiger partial charge on any atom is -0.380 e. The SMILES string of the molecule is CCNc1cc(S(=O)(=O)Nc2ncc[nH]2)ccc1[N+](=O)[O-]. The molecule has 21 heavy (non-hydrogen) atoms. The molecule has 2 rings (SSSR count). The van der Waals surface area contributed by atoms with Crippen LogP contribution in [0.1, 0.15) is 6.92 Å². The Morgan fingerprint density at radius 2 is 2.19 bits per heavy atom. The van der Waals surface area contributed by atoms with Crippen molar-refractivity contribution in [3.05, 3.63) is 40.7 Å². The fourth-order valence-corrected chi connectivity index (χ4v) is 2.69. The summed E-state index contributed by atoms with van der Waals surface area (Å²) in [4.78, 5) is 16.6. The van der Waals surface area contributed by atoms with Gasteiger partial charge in [0.1, 0.15) is 5.69 Å². The maximum absolute atomic E-state index is 12.2. The van der Waals surface area contributed by atoms with Gasteiger partial charge in [0.25, 0.3) is 15.7 Å². The third kappa shape index (κ3) is 3.28. The summed E-state index contributed by atoms with van der Waals surface area (Å²) in [6, 6.07) is 3.53. The molecule has 1 aromatic heterocycles. The van der Waals surface area contributed by atoms with Crippen molar-refractivity contribution in [3.63, 3.8) is 0 Å². The summed E-state index contributed by atoms with van der Waals surface area (Å²) in [5, 5.41) is 13.7. The van der Waals surface area contributed by atoms with Gasteiger partial charge in [-0.25, -0.2) is 18.1 Å². The number of benzene rings is 1. The van der Waals surface area contributed by atoms with Crippen molar-refractivity contribution in [2.75, 3.05) is 16.6 Å². The number of nitrogens with zero attached hydrogens (tertiary/aromatic N) is 2. The molecule has 0 radical (unpaired) electrons. The van der Waals surface area contributed by atoms with Crippen molar-refractivity contribution in [2.45, 2.75) is 11.8 Å². The molecule has 0 aliphatic carbocycles. The molecule has 9 nitrogen and oxygen atoms in total. The first-order valence-corrected chi connectivity index (χ1v) is 7.47. The standard InChI is InChI=1S/C11H13N5O4S/c1-2-12-9-7-8(3-4-10(9)16(17)18)21(19,20)15-11-13-5-6-14-11/h3-7,12H,2H2,1H3,(H2,13,14,15). The van der Waals surface area contributed by atoms with Gasteiger partial charge in [0, 0.05) is 25.0 Å². The highest BCUT2D eigenvalue weighted by molar-refractivity contribution is 7.92. The van der Waals surface area contributed by atoms with Gasteiger partial charge in [-0.05, 0) is 19.1 Å². The van der Waals surface area contributed by atoms with E-state index in [-0.39, 0.29) is 22.2 Å². The van der Waals surface area contributed by atoms with Crippen molar-refractivity contribution < 1.29 is 13.3 Å². The first kappa shape index (κ1) is 14.8. The predicted molar refractivity (Wildman–Crippen MR) is 76.7 cm³/mol. The van der Waals surface area contributed by atoms with E-state index in [2.05, 4.69) is 20.0 Å². The molecule has 0 unspecified atom stereocenters. The lowest BCUT2D eigenvalue weighted by Gasteiger charge is -2.09. The van der Waals surface area contributed by atoms with Crippen LogP contribution in [0.15, 0.2) is 35.5 Å². The highest BCUT2D eigenvalue weighted by atomic mass is 32.2. The Hall–Kier alpha value is -2.62. The summed E-state index contributed by atoms with van der Waals surface area (Å²) in [6.07, 6.45) is 2.87.